The molecule has 0 amide bonds. The van der Waals surface area contributed by atoms with Gasteiger partial charge in [0.15, 0.2) is 5.11 Å². The Morgan fingerprint density at radius 3 is 2.53 bits per heavy atom. The average molecular weight is 498 g/mol. The van der Waals surface area contributed by atoms with Crippen molar-refractivity contribution in [3.63, 3.8) is 0 Å². The van der Waals surface area contributed by atoms with Crippen LogP contribution in [0.3, 0.4) is 0 Å². The maximum Gasteiger partial charge on any atom is 0.170 e. The first-order valence-electron chi connectivity index (χ1n) is 12.4. The van der Waals surface area contributed by atoms with Gasteiger partial charge in [-0.2, -0.15) is 0 Å². The molecule has 2 aromatic carbocycles. The summed E-state index contributed by atoms with van der Waals surface area (Å²) in [6.45, 7) is 4.34. The lowest BCUT2D eigenvalue weighted by Gasteiger charge is -2.29. The van der Waals surface area contributed by atoms with Crippen molar-refractivity contribution in [3.8, 4) is 11.4 Å². The van der Waals surface area contributed by atoms with Crippen LogP contribution in [0.1, 0.15) is 36.8 Å². The third-order valence-electron chi connectivity index (χ3n) is 6.39. The number of rotatable bonds is 10. The second-order valence-electron chi connectivity index (χ2n) is 8.70. The molecule has 0 radical (unpaired) electrons. The highest BCUT2D eigenvalue weighted by molar-refractivity contribution is 7.80. The van der Waals surface area contributed by atoms with Crippen LogP contribution in [-0.4, -0.2) is 39.3 Å². The van der Waals surface area contributed by atoms with Crippen molar-refractivity contribution in [2.45, 2.75) is 25.4 Å². The predicted octanol–water partition coefficient (Wildman–Crippen LogP) is 5.75. The Balaban J connectivity index is 1.41. The predicted molar refractivity (Wildman–Crippen MR) is 149 cm³/mol. The summed E-state index contributed by atoms with van der Waals surface area (Å²) in [5, 5.41) is 7.83. The summed E-state index contributed by atoms with van der Waals surface area (Å²) in [4.78, 5) is 6.98. The highest BCUT2D eigenvalue weighted by Gasteiger charge is 2.40. The molecule has 6 nitrogen and oxygen atoms in total. The number of thiocarbonyl (C=S) groups is 1. The minimum Gasteiger partial charge on any atom is -0.494 e. The van der Waals surface area contributed by atoms with Gasteiger partial charge in [0.25, 0.3) is 0 Å². The number of aromatic nitrogens is 2. The molecule has 2 aromatic heterocycles. The first-order chi connectivity index (χ1) is 17.7. The molecule has 0 saturated carbocycles. The van der Waals surface area contributed by atoms with Crippen molar-refractivity contribution >= 4 is 23.0 Å². The second kappa shape index (κ2) is 11.3. The summed E-state index contributed by atoms with van der Waals surface area (Å²) in [7, 11) is 0. The summed E-state index contributed by atoms with van der Waals surface area (Å²) in [5.74, 6) is 0.873. The largest absolute Gasteiger partial charge is 0.494 e. The van der Waals surface area contributed by atoms with E-state index in [9.17, 15) is 0 Å². The van der Waals surface area contributed by atoms with Crippen LogP contribution in [0.25, 0.3) is 5.69 Å². The Morgan fingerprint density at radius 1 is 0.972 bits per heavy atom. The average Bonchev–Trinajstić information content (AvgIpc) is 3.53. The van der Waals surface area contributed by atoms with E-state index in [2.05, 4.69) is 73.7 Å². The lowest BCUT2D eigenvalue weighted by Crippen LogP contribution is -2.32. The molecule has 184 valence electrons. The van der Waals surface area contributed by atoms with E-state index in [4.69, 9.17) is 17.0 Å². The molecule has 2 atom stereocenters. The Kier molecular flexibility index (Phi) is 7.47. The molecule has 1 fully saturated rings. The van der Waals surface area contributed by atoms with Crippen molar-refractivity contribution in [1.82, 2.24) is 19.8 Å². The topological polar surface area (TPSA) is 54.4 Å². The zero-order valence-electron chi connectivity index (χ0n) is 20.4. The number of pyridine rings is 1. The van der Waals surface area contributed by atoms with Gasteiger partial charge < -0.3 is 24.8 Å². The van der Waals surface area contributed by atoms with Crippen molar-refractivity contribution in [2.24, 2.45) is 0 Å². The number of hydrogen-bond acceptors (Lipinski definition) is 4. The number of ether oxygens (including phenoxy) is 1. The fourth-order valence-electron chi connectivity index (χ4n) is 4.75. The quantitative estimate of drug-likeness (QED) is 0.215. The van der Waals surface area contributed by atoms with E-state index in [1.54, 1.807) is 0 Å². The summed E-state index contributed by atoms with van der Waals surface area (Å²) in [6, 6.07) is 28.8. The minimum absolute atomic E-state index is 0.00527. The van der Waals surface area contributed by atoms with Crippen LogP contribution in [0.2, 0.25) is 0 Å². The van der Waals surface area contributed by atoms with Crippen LogP contribution < -0.4 is 15.4 Å². The van der Waals surface area contributed by atoms with Gasteiger partial charge in [-0.25, -0.2) is 0 Å². The monoisotopic (exact) mass is 497 g/mol. The molecule has 1 saturated heterocycles. The lowest BCUT2D eigenvalue weighted by molar-refractivity contribution is 0.307. The van der Waals surface area contributed by atoms with E-state index in [1.165, 1.54) is 0 Å². The van der Waals surface area contributed by atoms with E-state index >= 15 is 0 Å². The number of anilines is 1. The molecule has 0 spiro atoms. The van der Waals surface area contributed by atoms with Gasteiger partial charge in [0.1, 0.15) is 5.75 Å². The van der Waals surface area contributed by atoms with Gasteiger partial charge in [-0.05, 0) is 86.2 Å². The van der Waals surface area contributed by atoms with Crippen LogP contribution in [-0.2, 0) is 0 Å². The molecule has 7 heteroatoms. The normalized spacial score (nSPS) is 17.1. The summed E-state index contributed by atoms with van der Waals surface area (Å²) < 4.78 is 7.88. The fourth-order valence-corrected chi connectivity index (χ4v) is 5.08. The van der Waals surface area contributed by atoms with Crippen molar-refractivity contribution < 1.29 is 4.74 Å². The zero-order chi connectivity index (χ0) is 24.7. The molecule has 4 aromatic rings. The Morgan fingerprint density at radius 2 is 1.78 bits per heavy atom. The number of hydrogen-bond donors (Lipinski definition) is 2. The van der Waals surface area contributed by atoms with E-state index in [1.807, 2.05) is 55.6 Å². The van der Waals surface area contributed by atoms with E-state index in [0.717, 1.165) is 53.1 Å². The van der Waals surface area contributed by atoms with E-state index in [-0.39, 0.29) is 12.1 Å². The number of para-hydroxylation sites is 1. The summed E-state index contributed by atoms with van der Waals surface area (Å²) >= 11 is 5.86. The Bertz CT molecular complexity index is 1260. The van der Waals surface area contributed by atoms with Crippen molar-refractivity contribution in [1.29, 1.82) is 0 Å². The fraction of sp³-hybridized carbons (Fsp3) is 0.241. The Hall–Kier alpha value is -3.84. The molecule has 0 aliphatic carbocycles. The molecule has 1 aliphatic rings. The van der Waals surface area contributed by atoms with Gasteiger partial charge in [0.05, 0.1) is 24.4 Å². The molecular formula is C29H31N5OS. The standard InChI is InChI=1S/C29H31N5OS/c1-2-35-24-16-14-23(15-17-24)33-20-8-13-26(33)28-27(25-12-6-7-18-31-25)32-29(36)34(28)21-9-19-30-22-10-4-3-5-11-22/h3-8,10-18,20,27-28,30H,2,9,19,21H2,1H3,(H,32,36)/t27-,28-/m1/s1. The molecule has 0 bridgehead atoms. The van der Waals surface area contributed by atoms with Crippen LogP contribution in [0.15, 0.2) is 97.3 Å². The molecule has 1 aliphatic heterocycles. The molecule has 5 rings (SSSR count). The first-order valence-corrected chi connectivity index (χ1v) is 12.8. The smallest absolute Gasteiger partial charge is 0.170 e. The second-order valence-corrected chi connectivity index (χ2v) is 9.08. The SMILES string of the molecule is CCOc1ccc(-n2cccc2[C@@H]2[C@@H](c3ccccn3)NC(=S)N2CCCNc2ccccc2)cc1. The third kappa shape index (κ3) is 5.21. The molecule has 3 heterocycles. The van der Waals surface area contributed by atoms with Gasteiger partial charge >= 0.3 is 0 Å². The highest BCUT2D eigenvalue weighted by atomic mass is 32.1. The van der Waals surface area contributed by atoms with Gasteiger partial charge in [-0.3, -0.25) is 4.98 Å². The first kappa shape index (κ1) is 23.9. The van der Waals surface area contributed by atoms with Gasteiger partial charge in [-0.1, -0.05) is 24.3 Å². The van der Waals surface area contributed by atoms with E-state index in [0.29, 0.717) is 6.61 Å². The molecule has 2 N–H and O–H groups in total. The number of nitrogens with zero attached hydrogens (tertiary/aromatic N) is 3. The van der Waals surface area contributed by atoms with Crippen molar-refractivity contribution in [3.05, 3.63) is 109 Å². The summed E-state index contributed by atoms with van der Waals surface area (Å²) in [5.41, 5.74) is 4.36. The van der Waals surface area contributed by atoms with Crippen molar-refractivity contribution in [2.75, 3.05) is 25.0 Å². The highest BCUT2D eigenvalue weighted by Crippen LogP contribution is 2.39. The molecule has 36 heavy (non-hydrogen) atoms. The van der Waals surface area contributed by atoms with Gasteiger partial charge in [0, 0.05) is 42.6 Å². The zero-order valence-corrected chi connectivity index (χ0v) is 21.2. The van der Waals surface area contributed by atoms with Crippen LogP contribution in [0, 0.1) is 0 Å². The van der Waals surface area contributed by atoms with Crippen LogP contribution >= 0.6 is 12.2 Å². The maximum absolute atomic E-state index is 5.86. The minimum atomic E-state index is -0.0443. The maximum atomic E-state index is 5.86. The Labute approximate surface area is 217 Å². The lowest BCUT2D eigenvalue weighted by atomic mass is 10.0. The van der Waals surface area contributed by atoms with Gasteiger partial charge in [-0.15, -0.1) is 0 Å². The third-order valence-corrected chi connectivity index (χ3v) is 6.74. The van der Waals surface area contributed by atoms with Crippen LogP contribution in [0.4, 0.5) is 5.69 Å². The van der Waals surface area contributed by atoms with Crippen LogP contribution in [0.5, 0.6) is 5.75 Å². The number of benzene rings is 2. The van der Waals surface area contributed by atoms with E-state index < -0.39 is 0 Å². The van der Waals surface area contributed by atoms with Gasteiger partial charge in [0.2, 0.25) is 0 Å². The number of nitrogens with one attached hydrogen (secondary N) is 2. The molecule has 0 unspecified atom stereocenters. The summed E-state index contributed by atoms with van der Waals surface area (Å²) in [6.07, 6.45) is 4.90. The molecular weight excluding hydrogens is 466 g/mol.